The summed E-state index contributed by atoms with van der Waals surface area (Å²) in [6.45, 7) is 4.66. The lowest BCUT2D eigenvalue weighted by molar-refractivity contribution is -0.131. The number of ether oxygens (including phenoxy) is 1. The number of aliphatic hydroxyl groups is 1. The molecule has 0 unspecified atom stereocenters. The maximum absolute atomic E-state index is 12.3. The van der Waals surface area contributed by atoms with Gasteiger partial charge in [0.05, 0.1) is 30.5 Å². The van der Waals surface area contributed by atoms with Crippen molar-refractivity contribution < 1.29 is 14.6 Å². The number of fused-ring (bicyclic) bond motifs is 1. The van der Waals surface area contributed by atoms with Crippen LogP contribution in [0.4, 0.5) is 0 Å². The lowest BCUT2D eigenvalue weighted by Gasteiger charge is -2.24. The first-order chi connectivity index (χ1) is 9.63. The Labute approximate surface area is 122 Å². The summed E-state index contributed by atoms with van der Waals surface area (Å²) in [4.78, 5) is 18.6. The van der Waals surface area contributed by atoms with E-state index in [0.717, 1.165) is 17.2 Å². The third-order valence-electron chi connectivity index (χ3n) is 4.45. The molecular formula is C14H20N2O3S. The minimum absolute atomic E-state index is 0.104. The molecule has 6 heteroatoms. The second kappa shape index (κ2) is 5.42. The van der Waals surface area contributed by atoms with Gasteiger partial charge in [0.25, 0.3) is 0 Å². The normalized spacial score (nSPS) is 28.9. The molecule has 2 aliphatic heterocycles. The van der Waals surface area contributed by atoms with Crippen molar-refractivity contribution >= 4 is 17.2 Å². The molecule has 2 saturated heterocycles. The summed E-state index contributed by atoms with van der Waals surface area (Å²) in [6.07, 6.45) is 1.20. The van der Waals surface area contributed by atoms with Crippen molar-refractivity contribution in [2.45, 2.75) is 19.8 Å². The van der Waals surface area contributed by atoms with Gasteiger partial charge in [-0.15, -0.1) is 11.3 Å². The number of carbonyl (C=O) groups is 1. The highest BCUT2D eigenvalue weighted by Crippen LogP contribution is 2.40. The highest BCUT2D eigenvalue weighted by molar-refractivity contribution is 7.09. The van der Waals surface area contributed by atoms with Crippen LogP contribution in [0.15, 0.2) is 5.38 Å². The van der Waals surface area contributed by atoms with Crippen LogP contribution in [0.25, 0.3) is 0 Å². The Morgan fingerprint density at radius 3 is 3.20 bits per heavy atom. The fourth-order valence-corrected chi connectivity index (χ4v) is 3.81. The van der Waals surface area contributed by atoms with Crippen LogP contribution in [-0.2, 0) is 16.0 Å². The number of carbonyl (C=O) groups excluding carboxylic acids is 1. The number of likely N-dealkylation sites (tertiary alicyclic amines) is 1. The fourth-order valence-electron chi connectivity index (χ4n) is 3.16. The molecule has 0 bridgehead atoms. The van der Waals surface area contributed by atoms with Gasteiger partial charge in [-0.25, -0.2) is 4.98 Å². The van der Waals surface area contributed by atoms with Crippen LogP contribution in [0.5, 0.6) is 0 Å². The van der Waals surface area contributed by atoms with Gasteiger partial charge in [0.2, 0.25) is 5.91 Å². The summed E-state index contributed by atoms with van der Waals surface area (Å²) in [5.41, 5.74) is 0.785. The monoisotopic (exact) mass is 296 g/mol. The summed E-state index contributed by atoms with van der Waals surface area (Å²) < 4.78 is 5.46. The number of rotatable bonds is 4. The van der Waals surface area contributed by atoms with E-state index >= 15 is 0 Å². The van der Waals surface area contributed by atoms with Crippen molar-refractivity contribution in [3.05, 3.63) is 16.1 Å². The van der Waals surface area contributed by atoms with Crippen LogP contribution in [-0.4, -0.2) is 53.8 Å². The van der Waals surface area contributed by atoms with E-state index in [9.17, 15) is 9.90 Å². The van der Waals surface area contributed by atoms with Gasteiger partial charge in [-0.05, 0) is 13.3 Å². The van der Waals surface area contributed by atoms with Crippen molar-refractivity contribution in [3.8, 4) is 0 Å². The highest BCUT2D eigenvalue weighted by Gasteiger charge is 2.51. The molecule has 110 valence electrons. The molecule has 2 atom stereocenters. The molecule has 1 N–H and O–H groups in total. The highest BCUT2D eigenvalue weighted by atomic mass is 32.1. The van der Waals surface area contributed by atoms with Crippen molar-refractivity contribution in [3.63, 3.8) is 0 Å². The Balaban J connectivity index is 1.56. The maximum Gasteiger partial charge on any atom is 0.222 e. The Kier molecular flexibility index (Phi) is 3.79. The van der Waals surface area contributed by atoms with E-state index in [2.05, 4.69) is 4.98 Å². The Morgan fingerprint density at radius 2 is 2.55 bits per heavy atom. The molecule has 0 aromatic carbocycles. The zero-order chi connectivity index (χ0) is 14.2. The van der Waals surface area contributed by atoms with E-state index < -0.39 is 0 Å². The molecule has 1 aromatic rings. The number of thiazole rings is 1. The summed E-state index contributed by atoms with van der Waals surface area (Å²) in [7, 11) is 0. The molecule has 0 aliphatic carbocycles. The molecular weight excluding hydrogens is 276 g/mol. The average molecular weight is 296 g/mol. The number of aromatic nitrogens is 1. The topological polar surface area (TPSA) is 62.7 Å². The van der Waals surface area contributed by atoms with E-state index in [-0.39, 0.29) is 23.8 Å². The number of nitrogens with zero attached hydrogens (tertiary/aromatic N) is 2. The van der Waals surface area contributed by atoms with E-state index in [1.54, 1.807) is 11.3 Å². The summed E-state index contributed by atoms with van der Waals surface area (Å²) >= 11 is 1.62. The third-order valence-corrected chi connectivity index (χ3v) is 5.27. The first-order valence-corrected chi connectivity index (χ1v) is 7.88. The molecule has 5 nitrogen and oxygen atoms in total. The van der Waals surface area contributed by atoms with Crippen LogP contribution in [0.1, 0.15) is 17.1 Å². The van der Waals surface area contributed by atoms with Crippen LogP contribution in [0.3, 0.4) is 0 Å². The summed E-state index contributed by atoms with van der Waals surface area (Å²) in [6, 6.07) is 0. The van der Waals surface area contributed by atoms with Gasteiger partial charge in [0.15, 0.2) is 0 Å². The van der Waals surface area contributed by atoms with Gasteiger partial charge in [-0.2, -0.15) is 0 Å². The molecule has 0 saturated carbocycles. The first-order valence-electron chi connectivity index (χ1n) is 7.00. The van der Waals surface area contributed by atoms with E-state index in [4.69, 9.17) is 4.74 Å². The molecule has 20 heavy (non-hydrogen) atoms. The van der Waals surface area contributed by atoms with Crippen LogP contribution >= 0.6 is 11.3 Å². The van der Waals surface area contributed by atoms with Gasteiger partial charge in [-0.3, -0.25) is 4.79 Å². The first kappa shape index (κ1) is 14.0. The predicted octanol–water partition coefficient (Wildman–Crippen LogP) is 0.851. The van der Waals surface area contributed by atoms with Gasteiger partial charge >= 0.3 is 0 Å². The van der Waals surface area contributed by atoms with Crippen molar-refractivity contribution in [1.29, 1.82) is 0 Å². The second-order valence-corrected chi connectivity index (χ2v) is 6.93. The minimum Gasteiger partial charge on any atom is -0.396 e. The van der Waals surface area contributed by atoms with Gasteiger partial charge in [0.1, 0.15) is 0 Å². The van der Waals surface area contributed by atoms with Gasteiger partial charge in [-0.1, -0.05) is 0 Å². The largest absolute Gasteiger partial charge is 0.396 e. The molecule has 0 spiro atoms. The van der Waals surface area contributed by atoms with Crippen molar-refractivity contribution in [2.75, 3.05) is 32.9 Å². The molecule has 0 radical (unpaired) electrons. The number of aryl methyl sites for hydroxylation is 2. The quantitative estimate of drug-likeness (QED) is 0.895. The lowest BCUT2D eigenvalue weighted by Crippen LogP contribution is -2.36. The molecule has 2 aliphatic rings. The van der Waals surface area contributed by atoms with Crippen LogP contribution in [0.2, 0.25) is 0 Å². The SMILES string of the molecule is Cc1nc(CCC(=O)N2C[C@H]3COC[C@@]3(CO)C2)cs1. The fraction of sp³-hybridized carbons (Fsp3) is 0.714. The predicted molar refractivity (Wildman–Crippen MR) is 75.6 cm³/mol. The van der Waals surface area contributed by atoms with Crippen molar-refractivity contribution in [2.24, 2.45) is 11.3 Å². The third kappa shape index (κ3) is 2.47. The minimum atomic E-state index is -0.215. The van der Waals surface area contributed by atoms with Crippen LogP contribution < -0.4 is 0 Å². The molecule has 3 heterocycles. The van der Waals surface area contributed by atoms with E-state index in [1.807, 2.05) is 17.2 Å². The number of aliphatic hydroxyl groups excluding tert-OH is 1. The maximum atomic E-state index is 12.3. The molecule has 1 aromatic heterocycles. The second-order valence-electron chi connectivity index (χ2n) is 5.86. The number of hydrogen-bond donors (Lipinski definition) is 1. The van der Waals surface area contributed by atoms with Crippen LogP contribution in [0, 0.1) is 18.3 Å². The zero-order valence-electron chi connectivity index (χ0n) is 11.7. The Hall–Kier alpha value is -0.980. The van der Waals surface area contributed by atoms with E-state index in [1.165, 1.54) is 0 Å². The average Bonchev–Trinajstić information content (AvgIpc) is 3.09. The Morgan fingerprint density at radius 1 is 1.70 bits per heavy atom. The van der Waals surface area contributed by atoms with Gasteiger partial charge < -0.3 is 14.7 Å². The number of amides is 1. The lowest BCUT2D eigenvalue weighted by atomic mass is 9.82. The van der Waals surface area contributed by atoms with E-state index in [0.29, 0.717) is 32.6 Å². The summed E-state index contributed by atoms with van der Waals surface area (Å²) in [5, 5.41) is 12.7. The number of hydrogen-bond acceptors (Lipinski definition) is 5. The molecule has 1 amide bonds. The van der Waals surface area contributed by atoms with Gasteiger partial charge in [0, 0.05) is 36.2 Å². The van der Waals surface area contributed by atoms with Crippen molar-refractivity contribution in [1.82, 2.24) is 9.88 Å². The Bertz CT molecular complexity index is 504. The molecule has 3 rings (SSSR count). The summed E-state index contributed by atoms with van der Waals surface area (Å²) in [5.74, 6) is 0.454. The zero-order valence-corrected chi connectivity index (χ0v) is 12.5. The molecule has 2 fully saturated rings. The standard InChI is InChI=1S/C14H20N2O3S/c1-10-15-12(6-20-10)2-3-13(18)16-4-11-5-19-9-14(11,7-16)8-17/h6,11,17H,2-5,7-9H2,1H3/t11-,14-/m0/s1. The smallest absolute Gasteiger partial charge is 0.222 e.